The summed E-state index contributed by atoms with van der Waals surface area (Å²) in [4.78, 5) is 3.55. The largest absolute Gasteiger partial charge is 0.422 e. The molecular weight excluding hydrogens is 230 g/mol. The van der Waals surface area contributed by atoms with Gasteiger partial charge in [0.2, 0.25) is 0 Å². The molecule has 0 spiro atoms. The number of hydrogen-bond donors (Lipinski definition) is 1. The fourth-order valence-electron chi connectivity index (χ4n) is 1.80. The summed E-state index contributed by atoms with van der Waals surface area (Å²) in [5.41, 5.74) is -0.376. The van der Waals surface area contributed by atoms with Crippen molar-refractivity contribution in [1.82, 2.24) is 4.98 Å². The van der Waals surface area contributed by atoms with Gasteiger partial charge in [-0.25, -0.2) is 0 Å². The quantitative estimate of drug-likeness (QED) is 0.767. The van der Waals surface area contributed by atoms with E-state index in [1.54, 1.807) is 0 Å². The van der Waals surface area contributed by atoms with Crippen molar-refractivity contribution < 1.29 is 8.85 Å². The standard InChI is InChI=1S/C13H31NO2Si/c1-10-11(2)14-17(9,15-12(3,4)5)16-13(6,7)8/h11,14H,10H2,1-9H3. The molecule has 0 aliphatic rings. The maximum Gasteiger partial charge on any atom is 0.422 e. The van der Waals surface area contributed by atoms with E-state index in [-0.39, 0.29) is 11.2 Å². The SMILES string of the molecule is CCC(C)N[Si](C)(OC(C)(C)C)OC(C)(C)C. The second kappa shape index (κ2) is 5.82. The van der Waals surface area contributed by atoms with E-state index >= 15 is 0 Å². The van der Waals surface area contributed by atoms with Crippen LogP contribution in [0.4, 0.5) is 0 Å². The zero-order valence-electron chi connectivity index (χ0n) is 13.1. The van der Waals surface area contributed by atoms with Crippen LogP contribution in [0, 0.1) is 0 Å². The minimum Gasteiger partial charge on any atom is -0.378 e. The first-order chi connectivity index (χ1) is 7.37. The highest BCUT2D eigenvalue weighted by Gasteiger charge is 2.41. The number of rotatable bonds is 5. The molecule has 0 bridgehead atoms. The van der Waals surface area contributed by atoms with Crippen LogP contribution in [-0.4, -0.2) is 26.0 Å². The van der Waals surface area contributed by atoms with Crippen molar-refractivity contribution in [1.29, 1.82) is 0 Å². The third kappa shape index (κ3) is 8.77. The Bertz CT molecular complexity index is 215. The molecule has 0 aromatic rings. The van der Waals surface area contributed by atoms with Crippen LogP contribution in [0.5, 0.6) is 0 Å². The van der Waals surface area contributed by atoms with Crippen LogP contribution in [0.25, 0.3) is 0 Å². The molecule has 0 aliphatic carbocycles. The van der Waals surface area contributed by atoms with Gasteiger partial charge < -0.3 is 8.85 Å². The summed E-state index contributed by atoms with van der Waals surface area (Å²) in [5, 5.41) is 0. The minimum atomic E-state index is -2.35. The van der Waals surface area contributed by atoms with Gasteiger partial charge >= 0.3 is 8.72 Å². The van der Waals surface area contributed by atoms with Crippen LogP contribution in [-0.2, 0) is 8.85 Å². The molecule has 0 aromatic carbocycles. The lowest BCUT2D eigenvalue weighted by molar-refractivity contribution is 0.00970. The van der Waals surface area contributed by atoms with Gasteiger partial charge in [-0.3, -0.25) is 4.98 Å². The Kier molecular flexibility index (Phi) is 5.86. The van der Waals surface area contributed by atoms with Crippen molar-refractivity contribution >= 4 is 8.72 Å². The third-order valence-electron chi connectivity index (χ3n) is 2.12. The van der Waals surface area contributed by atoms with E-state index in [1.807, 2.05) is 0 Å². The van der Waals surface area contributed by atoms with Gasteiger partial charge in [-0.05, 0) is 54.5 Å². The second-order valence-electron chi connectivity index (χ2n) is 6.83. The van der Waals surface area contributed by atoms with Crippen molar-refractivity contribution in [3.63, 3.8) is 0 Å². The average Bonchev–Trinajstić information content (AvgIpc) is 1.94. The number of nitrogens with one attached hydrogen (secondary N) is 1. The lowest BCUT2D eigenvalue weighted by Crippen LogP contribution is -2.62. The summed E-state index contributed by atoms with van der Waals surface area (Å²) in [6.45, 7) is 18.9. The second-order valence-corrected chi connectivity index (χ2v) is 9.42. The fraction of sp³-hybridized carbons (Fsp3) is 1.00. The summed E-state index contributed by atoms with van der Waals surface area (Å²) >= 11 is 0. The summed E-state index contributed by atoms with van der Waals surface area (Å²) in [5.74, 6) is 0. The Morgan fingerprint density at radius 2 is 1.35 bits per heavy atom. The molecule has 0 fully saturated rings. The lowest BCUT2D eigenvalue weighted by atomic mass is 10.2. The van der Waals surface area contributed by atoms with Gasteiger partial charge in [-0.1, -0.05) is 13.8 Å². The van der Waals surface area contributed by atoms with E-state index in [4.69, 9.17) is 8.85 Å². The van der Waals surface area contributed by atoms with Crippen LogP contribution in [0.3, 0.4) is 0 Å². The van der Waals surface area contributed by atoms with Crippen molar-refractivity contribution in [2.45, 2.75) is 85.6 Å². The Hall–Kier alpha value is 0.0969. The monoisotopic (exact) mass is 261 g/mol. The lowest BCUT2D eigenvalue weighted by Gasteiger charge is -2.40. The van der Waals surface area contributed by atoms with E-state index in [9.17, 15) is 0 Å². The summed E-state index contributed by atoms with van der Waals surface area (Å²) in [6, 6.07) is 0.413. The molecule has 4 heteroatoms. The molecule has 104 valence electrons. The topological polar surface area (TPSA) is 30.5 Å². The van der Waals surface area contributed by atoms with Gasteiger partial charge in [0.25, 0.3) is 0 Å². The molecule has 17 heavy (non-hydrogen) atoms. The molecule has 0 saturated carbocycles. The van der Waals surface area contributed by atoms with E-state index in [0.29, 0.717) is 6.04 Å². The molecule has 0 aromatic heterocycles. The molecule has 0 rings (SSSR count). The summed E-state index contributed by atoms with van der Waals surface area (Å²) in [6.07, 6.45) is 1.07. The molecule has 1 N–H and O–H groups in total. The van der Waals surface area contributed by atoms with Gasteiger partial charge in [0.05, 0.1) is 11.2 Å². The third-order valence-corrected chi connectivity index (χ3v) is 5.14. The predicted octanol–water partition coefficient (Wildman–Crippen LogP) is 3.57. The van der Waals surface area contributed by atoms with Gasteiger partial charge in [0.1, 0.15) is 0 Å². The van der Waals surface area contributed by atoms with E-state index in [0.717, 1.165) is 6.42 Å². The molecule has 1 atom stereocenters. The summed E-state index contributed by atoms with van der Waals surface area (Å²) < 4.78 is 12.4. The van der Waals surface area contributed by atoms with Gasteiger partial charge in [-0.2, -0.15) is 0 Å². The summed E-state index contributed by atoms with van der Waals surface area (Å²) in [7, 11) is -2.35. The molecule has 0 amide bonds. The smallest absolute Gasteiger partial charge is 0.378 e. The zero-order chi connectivity index (χ0) is 13.9. The Morgan fingerprint density at radius 3 is 1.59 bits per heavy atom. The average molecular weight is 261 g/mol. The van der Waals surface area contributed by atoms with Crippen LogP contribution in [0.1, 0.15) is 61.8 Å². The van der Waals surface area contributed by atoms with Crippen molar-refractivity contribution in [3.05, 3.63) is 0 Å². The highest BCUT2D eigenvalue weighted by atomic mass is 28.4. The van der Waals surface area contributed by atoms with Gasteiger partial charge in [0, 0.05) is 6.04 Å². The first kappa shape index (κ1) is 17.1. The van der Waals surface area contributed by atoms with E-state index < -0.39 is 8.72 Å². The van der Waals surface area contributed by atoms with Crippen molar-refractivity contribution in [2.75, 3.05) is 0 Å². The Labute approximate surface area is 109 Å². The molecular formula is C13H31NO2Si. The molecule has 1 unspecified atom stereocenters. The van der Waals surface area contributed by atoms with Crippen molar-refractivity contribution in [2.24, 2.45) is 0 Å². The minimum absolute atomic E-state index is 0.188. The maximum atomic E-state index is 6.18. The molecule has 0 aliphatic heterocycles. The van der Waals surface area contributed by atoms with Gasteiger partial charge in [-0.15, -0.1) is 0 Å². The molecule has 0 saturated heterocycles. The van der Waals surface area contributed by atoms with Crippen LogP contribution in [0.15, 0.2) is 0 Å². The first-order valence-electron chi connectivity index (χ1n) is 6.55. The Morgan fingerprint density at radius 1 is 1.00 bits per heavy atom. The van der Waals surface area contributed by atoms with E-state index in [1.165, 1.54) is 0 Å². The number of hydrogen-bond acceptors (Lipinski definition) is 3. The molecule has 3 nitrogen and oxygen atoms in total. The highest BCUT2D eigenvalue weighted by Crippen LogP contribution is 2.22. The van der Waals surface area contributed by atoms with Gasteiger partial charge in [0.15, 0.2) is 0 Å². The van der Waals surface area contributed by atoms with Crippen molar-refractivity contribution in [3.8, 4) is 0 Å². The fourth-order valence-corrected chi connectivity index (χ4v) is 5.39. The molecule has 0 radical (unpaired) electrons. The maximum absolute atomic E-state index is 6.18. The first-order valence-corrected chi connectivity index (χ1v) is 8.86. The zero-order valence-corrected chi connectivity index (χ0v) is 14.1. The highest BCUT2D eigenvalue weighted by molar-refractivity contribution is 6.63. The van der Waals surface area contributed by atoms with Crippen LogP contribution in [0.2, 0.25) is 6.55 Å². The molecule has 0 heterocycles. The normalized spacial score (nSPS) is 16.1. The van der Waals surface area contributed by atoms with Crippen LogP contribution >= 0.6 is 0 Å². The Balaban J connectivity index is 4.81. The van der Waals surface area contributed by atoms with E-state index in [2.05, 4.69) is 66.9 Å². The van der Waals surface area contributed by atoms with Crippen LogP contribution < -0.4 is 4.98 Å². The predicted molar refractivity (Wildman–Crippen MR) is 76.2 cm³/mol.